The summed E-state index contributed by atoms with van der Waals surface area (Å²) in [5.74, 6) is 0. The van der Waals surface area contributed by atoms with Crippen molar-refractivity contribution in [3.63, 3.8) is 0 Å². The molecule has 4 heteroatoms. The summed E-state index contributed by atoms with van der Waals surface area (Å²) in [5, 5.41) is 0. The van der Waals surface area contributed by atoms with Gasteiger partial charge < -0.3 is 5.48 Å². The predicted molar refractivity (Wildman–Crippen MR) is 5.83 cm³/mol. The van der Waals surface area contributed by atoms with Crippen LogP contribution in [0.5, 0.6) is 0 Å². The van der Waals surface area contributed by atoms with Crippen LogP contribution in [-0.4, -0.2) is 8.53 Å². The summed E-state index contributed by atoms with van der Waals surface area (Å²) in [4.78, 5) is 0. The van der Waals surface area contributed by atoms with Crippen molar-refractivity contribution in [2.24, 2.45) is 0 Å². The third-order valence-corrected chi connectivity index (χ3v) is 0. The number of rotatable bonds is 0. The van der Waals surface area contributed by atoms with E-state index in [1.54, 1.807) is 0 Å². The van der Waals surface area contributed by atoms with Gasteiger partial charge in [-0.15, -0.1) is 0 Å². The first kappa shape index (κ1) is 18.3. The van der Waals surface area contributed by atoms with Crippen LogP contribution in [0, 0.1) is 0 Å². The van der Waals surface area contributed by atoms with Crippen LogP contribution in [0.2, 0.25) is 0 Å². The van der Waals surface area contributed by atoms with Gasteiger partial charge in [-0.3, -0.25) is 0 Å². The molecule has 0 aliphatic rings. The van der Waals surface area contributed by atoms with Crippen LogP contribution < -0.4 is 0 Å². The molecule has 3 N–H and O–H groups in total. The Morgan fingerprint density at radius 2 is 1.25 bits per heavy atom. The average Bonchev–Trinajstić information content (AvgIpc) is 1.00. The molecule has 0 heterocycles. The maximum absolute atomic E-state index is 7.17. The molecule has 0 atom stereocenters. The van der Waals surface area contributed by atoms with E-state index in [0.29, 0.717) is 0 Å². The summed E-state index contributed by atoms with van der Waals surface area (Å²) >= 11 is 0.150. The zero-order valence-corrected chi connectivity index (χ0v) is 7.06. The van der Waals surface area contributed by atoms with Crippen LogP contribution in [0.1, 0.15) is 0 Å². The Kier molecular flexibility index (Phi) is 123. The van der Waals surface area contributed by atoms with Gasteiger partial charge in [-0.1, -0.05) is 0 Å². The van der Waals surface area contributed by atoms with E-state index in [9.17, 15) is 0 Å². The van der Waals surface area contributed by atoms with Crippen LogP contribution in [0.3, 0.4) is 0 Å². The van der Waals surface area contributed by atoms with E-state index in [4.69, 9.17) is 3.06 Å². The van der Waals surface area contributed by atoms with E-state index in [-0.39, 0.29) is 48.5 Å². The summed E-state index contributed by atoms with van der Waals surface area (Å²) in [7, 11) is 0. The van der Waals surface area contributed by atoms with Crippen molar-refractivity contribution in [2.45, 2.75) is 0 Å². The van der Waals surface area contributed by atoms with Crippen molar-refractivity contribution in [3.05, 3.63) is 0 Å². The van der Waals surface area contributed by atoms with E-state index in [1.807, 2.05) is 0 Å². The van der Waals surface area contributed by atoms with Gasteiger partial charge in [0.25, 0.3) is 0 Å². The molecule has 2 nitrogen and oxygen atoms in total. The Morgan fingerprint density at radius 1 is 1.25 bits per heavy atom. The van der Waals surface area contributed by atoms with Gasteiger partial charge in [0, 0.05) is 16.8 Å². The van der Waals surface area contributed by atoms with Crippen LogP contribution in [0.25, 0.3) is 0 Å². The van der Waals surface area contributed by atoms with Gasteiger partial charge in [0.1, 0.15) is 0 Å². The molecule has 0 aromatic carbocycles. The molecule has 0 rings (SSSR count). The molecule has 0 saturated heterocycles. The molecule has 0 spiro atoms. The van der Waals surface area contributed by atoms with Crippen LogP contribution >= 0.6 is 0 Å². The first-order valence-electron chi connectivity index (χ1n) is 0.316. The second-order valence-corrected chi connectivity index (χ2v) is 0. The van der Waals surface area contributed by atoms with Crippen LogP contribution in [-0.2, 0) is 43.0 Å². The van der Waals surface area contributed by atoms with Crippen molar-refractivity contribution in [3.8, 4) is 0 Å². The molecule has 0 aliphatic carbocycles. The number of hydrogen-bond acceptors (Lipinski definition) is 1. The Hall–Kier alpha value is 1.35. The summed E-state index contributed by atoms with van der Waals surface area (Å²) in [5.41, 5.74) is 0. The minimum atomic E-state index is 0. The van der Waals surface area contributed by atoms with Gasteiger partial charge in [-0.05, 0) is 0 Å². The third kappa shape index (κ3) is 10.2. The Morgan fingerprint density at radius 3 is 1.25 bits per heavy atom. The molecule has 26 valence electrons. The van der Waals surface area contributed by atoms with Gasteiger partial charge in [-0.2, -0.15) is 0 Å². The van der Waals surface area contributed by atoms with Gasteiger partial charge >= 0.3 is 29.3 Å². The molecule has 0 amide bonds. The zero-order valence-electron chi connectivity index (χ0n) is 1.99. The quantitative estimate of drug-likeness (QED) is 0.488. The fraction of sp³-hybridized carbons (Fsp3) is 0. The topological polar surface area (TPSA) is 51.7 Å². The monoisotopic (exact) mass is 208 g/mol. The van der Waals surface area contributed by atoms with Crippen molar-refractivity contribution in [2.75, 3.05) is 0 Å². The summed E-state index contributed by atoms with van der Waals surface area (Å²) in [6.07, 6.45) is 0. The number of hydrogen-bond donors (Lipinski definition) is 1. The first-order chi connectivity index (χ1) is 1.00. The molecular weight excluding hydrogens is 203 g/mol. The molecule has 1 radical (unpaired) electrons. The zero-order chi connectivity index (χ0) is 2.00. The molecule has 0 aliphatic heterocycles. The van der Waals surface area contributed by atoms with E-state index in [2.05, 4.69) is 0 Å². The molecule has 0 bridgehead atoms. The molecule has 4 heavy (non-hydrogen) atoms. The average molecular weight is 206 g/mol. The van der Waals surface area contributed by atoms with Crippen molar-refractivity contribution in [1.29, 1.82) is 0 Å². The minimum absolute atomic E-state index is 0. The van der Waals surface area contributed by atoms with Gasteiger partial charge in [0.05, 0.1) is 0 Å². The van der Waals surface area contributed by atoms with Crippen LogP contribution in [0.4, 0.5) is 0 Å². The maximum atomic E-state index is 7.17. The van der Waals surface area contributed by atoms with Gasteiger partial charge in [-0.25, -0.2) is 0 Å². The van der Waals surface area contributed by atoms with Crippen molar-refractivity contribution < 1.29 is 51.5 Å². The predicted octanol–water partition coefficient (Wildman–Crippen LogP) is -1.39. The Bertz CT molecular complexity index is 6.00. The SMILES string of the molecule is O.[Co].[OH][Cd]. The van der Waals surface area contributed by atoms with Crippen molar-refractivity contribution >= 4 is 0 Å². The van der Waals surface area contributed by atoms with Crippen LogP contribution in [0.15, 0.2) is 0 Å². The Labute approximate surface area is 51.4 Å². The van der Waals surface area contributed by atoms with Gasteiger partial charge in [0.2, 0.25) is 0 Å². The molecule has 0 saturated carbocycles. The van der Waals surface area contributed by atoms with E-state index >= 15 is 0 Å². The first-order valence-corrected chi connectivity index (χ1v) is 2.12. The van der Waals surface area contributed by atoms with E-state index in [1.165, 1.54) is 0 Å². The molecule has 0 aromatic heterocycles. The van der Waals surface area contributed by atoms with E-state index in [0.717, 1.165) is 0 Å². The summed E-state index contributed by atoms with van der Waals surface area (Å²) < 4.78 is 7.17. The van der Waals surface area contributed by atoms with E-state index < -0.39 is 0 Å². The summed E-state index contributed by atoms with van der Waals surface area (Å²) in [6, 6.07) is 0. The molecule has 0 unspecified atom stereocenters. The molecule has 0 aromatic rings. The normalized spacial score (nSPS) is 1.75. The summed E-state index contributed by atoms with van der Waals surface area (Å²) in [6.45, 7) is 0. The molecular formula is H3CdCoO2. The second-order valence-electron chi connectivity index (χ2n) is 0. The standard InChI is InChI=1S/Cd.Co.2H2O/h;;2*1H2/q+1;;;/p-1. The fourth-order valence-electron chi connectivity index (χ4n) is 0. The second kappa shape index (κ2) is 26.8. The Balaban J connectivity index is -0.00000000500. The van der Waals surface area contributed by atoms with Crippen molar-refractivity contribution in [1.82, 2.24) is 0 Å². The van der Waals surface area contributed by atoms with Gasteiger partial charge in [0.15, 0.2) is 0 Å². The fourth-order valence-corrected chi connectivity index (χ4v) is 0. The third-order valence-electron chi connectivity index (χ3n) is 0. The molecule has 0 fully saturated rings.